The van der Waals surface area contributed by atoms with Crippen LogP contribution in [0.3, 0.4) is 0 Å². The van der Waals surface area contributed by atoms with Crippen LogP contribution in [0, 0.1) is 0 Å². The third-order valence-corrected chi connectivity index (χ3v) is 5.41. The van der Waals surface area contributed by atoms with E-state index in [4.69, 9.17) is 0 Å². The van der Waals surface area contributed by atoms with Gasteiger partial charge in [-0.3, -0.25) is 0 Å². The molecule has 1 heteroatoms. The zero-order valence-corrected chi connectivity index (χ0v) is 18.3. The normalized spacial score (nSPS) is 11.5. The summed E-state index contributed by atoms with van der Waals surface area (Å²) < 4.78 is 0. The van der Waals surface area contributed by atoms with E-state index in [1.165, 1.54) is 27.8 Å². The molecule has 4 aromatic carbocycles. The van der Waals surface area contributed by atoms with Crippen LogP contribution in [0.5, 0.6) is 0 Å². The molecule has 0 atom stereocenters. The summed E-state index contributed by atoms with van der Waals surface area (Å²) in [6.07, 6.45) is 8.03. The monoisotopic (exact) mass is 413 g/mol. The summed E-state index contributed by atoms with van der Waals surface area (Å²) in [4.78, 5) is 0. The van der Waals surface area contributed by atoms with Crippen LogP contribution in [-0.2, 0) is 0 Å². The van der Waals surface area contributed by atoms with Crippen LogP contribution in [0.15, 0.2) is 134 Å². The number of hydrogen-bond donors (Lipinski definition) is 1. The first-order valence-corrected chi connectivity index (χ1v) is 10.9. The maximum Gasteiger partial charge on any atom is 0.0384 e. The van der Waals surface area contributed by atoms with Gasteiger partial charge in [-0.25, -0.2) is 0 Å². The van der Waals surface area contributed by atoms with Crippen molar-refractivity contribution < 1.29 is 0 Å². The largest absolute Gasteiger partial charge is 0.356 e. The van der Waals surface area contributed by atoms with E-state index in [-0.39, 0.29) is 0 Å². The number of allylic oxidation sites excluding steroid dienone is 5. The van der Waals surface area contributed by atoms with Crippen molar-refractivity contribution in [1.82, 2.24) is 0 Å². The molecule has 0 heterocycles. The van der Waals surface area contributed by atoms with Gasteiger partial charge in [0.2, 0.25) is 0 Å². The van der Waals surface area contributed by atoms with Crippen molar-refractivity contribution in [2.75, 3.05) is 5.32 Å². The Labute approximate surface area is 191 Å². The summed E-state index contributed by atoms with van der Waals surface area (Å²) in [6, 6.07) is 36.1. The van der Waals surface area contributed by atoms with Gasteiger partial charge < -0.3 is 5.32 Å². The summed E-state index contributed by atoms with van der Waals surface area (Å²) in [6.45, 7) is 5.94. The summed E-state index contributed by atoms with van der Waals surface area (Å²) in [5.41, 5.74) is 9.29. The highest BCUT2D eigenvalue weighted by Gasteiger charge is 2.03. The minimum absolute atomic E-state index is 1.08. The molecule has 1 N–H and O–H groups in total. The number of rotatable bonds is 7. The minimum atomic E-state index is 1.08. The smallest absolute Gasteiger partial charge is 0.0384 e. The molecule has 4 aromatic rings. The Bertz CT molecular complexity index is 1210. The van der Waals surface area contributed by atoms with Crippen LogP contribution in [0.25, 0.3) is 27.8 Å². The van der Waals surface area contributed by atoms with Crippen LogP contribution < -0.4 is 5.32 Å². The fourth-order valence-electron chi connectivity index (χ4n) is 3.63. The van der Waals surface area contributed by atoms with Gasteiger partial charge in [0.1, 0.15) is 0 Å². The van der Waals surface area contributed by atoms with Crippen LogP contribution in [0.2, 0.25) is 0 Å². The van der Waals surface area contributed by atoms with E-state index in [1.54, 1.807) is 0 Å². The molecule has 0 aliphatic heterocycles. The van der Waals surface area contributed by atoms with Crippen LogP contribution in [0.1, 0.15) is 12.5 Å². The van der Waals surface area contributed by atoms with Gasteiger partial charge in [0.05, 0.1) is 0 Å². The van der Waals surface area contributed by atoms with E-state index >= 15 is 0 Å². The Morgan fingerprint density at radius 3 is 1.59 bits per heavy atom. The minimum Gasteiger partial charge on any atom is -0.356 e. The predicted molar refractivity (Wildman–Crippen MR) is 140 cm³/mol. The van der Waals surface area contributed by atoms with Crippen molar-refractivity contribution in [3.05, 3.63) is 140 Å². The van der Waals surface area contributed by atoms with Gasteiger partial charge in [-0.15, -0.1) is 0 Å². The van der Waals surface area contributed by atoms with Crippen molar-refractivity contribution in [3.63, 3.8) is 0 Å². The summed E-state index contributed by atoms with van der Waals surface area (Å²) in [5.74, 6) is 0. The summed E-state index contributed by atoms with van der Waals surface area (Å²) in [7, 11) is 0. The first-order valence-electron chi connectivity index (χ1n) is 10.9. The topological polar surface area (TPSA) is 12.0 Å². The molecule has 4 rings (SSSR count). The van der Waals surface area contributed by atoms with Gasteiger partial charge >= 0.3 is 0 Å². The molecule has 0 aromatic heterocycles. The highest BCUT2D eigenvalue weighted by molar-refractivity contribution is 5.77. The first-order chi connectivity index (χ1) is 15.8. The molecular weight excluding hydrogens is 386 g/mol. The Hall–Kier alpha value is -4.10. The molecule has 0 aliphatic rings. The maximum atomic E-state index is 3.93. The second-order valence-electron chi connectivity index (χ2n) is 7.57. The van der Waals surface area contributed by atoms with Crippen molar-refractivity contribution in [2.45, 2.75) is 6.92 Å². The van der Waals surface area contributed by atoms with Gasteiger partial charge in [0, 0.05) is 11.4 Å². The molecule has 32 heavy (non-hydrogen) atoms. The van der Waals surface area contributed by atoms with E-state index in [9.17, 15) is 0 Å². The fourth-order valence-corrected chi connectivity index (χ4v) is 3.63. The Balaban J connectivity index is 1.47. The third-order valence-electron chi connectivity index (χ3n) is 5.41. The second-order valence-corrected chi connectivity index (χ2v) is 7.57. The van der Waals surface area contributed by atoms with Crippen LogP contribution in [0.4, 0.5) is 11.4 Å². The molecule has 1 nitrogen and oxygen atoms in total. The molecule has 0 bridgehead atoms. The van der Waals surface area contributed by atoms with Crippen molar-refractivity contribution >= 4 is 16.9 Å². The lowest BCUT2D eigenvalue weighted by Crippen LogP contribution is -1.89. The van der Waals surface area contributed by atoms with Gasteiger partial charge in [0.15, 0.2) is 0 Å². The lowest BCUT2D eigenvalue weighted by molar-refractivity contribution is 1.54. The summed E-state index contributed by atoms with van der Waals surface area (Å²) >= 11 is 0. The summed E-state index contributed by atoms with van der Waals surface area (Å²) in [5, 5.41) is 3.43. The number of para-hydroxylation sites is 1. The van der Waals surface area contributed by atoms with Crippen molar-refractivity contribution in [3.8, 4) is 22.3 Å². The van der Waals surface area contributed by atoms with E-state index in [0.717, 1.165) is 16.9 Å². The zero-order chi connectivity index (χ0) is 22.2. The zero-order valence-electron chi connectivity index (χ0n) is 18.3. The van der Waals surface area contributed by atoms with Gasteiger partial charge in [0.25, 0.3) is 0 Å². The molecule has 0 radical (unpaired) electrons. The molecule has 0 saturated carbocycles. The molecule has 156 valence electrons. The highest BCUT2D eigenvalue weighted by atomic mass is 14.9. The van der Waals surface area contributed by atoms with Gasteiger partial charge in [-0.1, -0.05) is 110 Å². The molecular formula is C31H27N. The molecule has 0 spiro atoms. The SMILES string of the molecule is C=C/C(=C\C=C/C)c1ccc(-c2ccc(-c3ccc(Nc4ccccc4)cc3)cc2)cc1. The number of hydrogen-bond acceptors (Lipinski definition) is 1. The number of anilines is 2. The average molecular weight is 414 g/mol. The average Bonchev–Trinajstić information content (AvgIpc) is 2.86. The lowest BCUT2D eigenvalue weighted by atomic mass is 9.98. The van der Waals surface area contributed by atoms with Crippen molar-refractivity contribution in [1.29, 1.82) is 0 Å². The quantitative estimate of drug-likeness (QED) is 0.298. The first kappa shape index (κ1) is 21.1. The van der Waals surface area contributed by atoms with Gasteiger partial charge in [-0.05, 0) is 64.6 Å². The number of benzene rings is 4. The highest BCUT2D eigenvalue weighted by Crippen LogP contribution is 2.28. The van der Waals surface area contributed by atoms with E-state index in [1.807, 2.05) is 43.4 Å². The molecule has 0 saturated heterocycles. The molecule has 0 fully saturated rings. The van der Waals surface area contributed by atoms with Crippen LogP contribution >= 0.6 is 0 Å². The van der Waals surface area contributed by atoms with Crippen molar-refractivity contribution in [2.24, 2.45) is 0 Å². The van der Waals surface area contributed by atoms with E-state index in [0.29, 0.717) is 0 Å². The number of nitrogens with one attached hydrogen (secondary N) is 1. The van der Waals surface area contributed by atoms with Crippen LogP contribution in [-0.4, -0.2) is 0 Å². The predicted octanol–water partition coefficient (Wildman–Crippen LogP) is 8.91. The maximum absolute atomic E-state index is 3.93. The molecule has 0 unspecified atom stereocenters. The molecule has 0 amide bonds. The second kappa shape index (κ2) is 10.3. The standard InChI is InChI=1S/C31H27N/c1-3-5-9-24(4-2)25-12-14-26(15-13-25)27-16-18-28(19-17-27)29-20-22-31(23-21-29)32-30-10-7-6-8-11-30/h3-23,32H,2H2,1H3/b5-3-,24-9+. The molecule has 0 aliphatic carbocycles. The Kier molecular flexibility index (Phi) is 6.79. The van der Waals surface area contributed by atoms with Gasteiger partial charge in [-0.2, -0.15) is 0 Å². The third kappa shape index (κ3) is 5.14. The Morgan fingerprint density at radius 1 is 0.625 bits per heavy atom. The van der Waals surface area contributed by atoms with E-state index < -0.39 is 0 Å². The Morgan fingerprint density at radius 2 is 1.09 bits per heavy atom. The lowest BCUT2D eigenvalue weighted by Gasteiger charge is -2.09. The van der Waals surface area contributed by atoms with E-state index in [2.05, 4.69) is 103 Å². The fraction of sp³-hybridized carbons (Fsp3) is 0.0323.